The molecule has 0 bridgehead atoms. The minimum atomic E-state index is 0.667. The van der Waals surface area contributed by atoms with Gasteiger partial charge in [0.05, 0.1) is 0 Å². The fourth-order valence-corrected chi connectivity index (χ4v) is 3.09. The minimum Gasteiger partial charge on any atom is -0.326 e. The zero-order chi connectivity index (χ0) is 12.1. The quantitative estimate of drug-likeness (QED) is 0.827. The normalized spacial score (nSPS) is 11.7. The molecule has 1 heterocycles. The molecule has 1 aromatic heterocycles. The Morgan fingerprint density at radius 1 is 1.38 bits per heavy atom. The van der Waals surface area contributed by atoms with E-state index in [4.69, 9.17) is 5.73 Å². The first-order chi connectivity index (χ1) is 7.62. The lowest BCUT2D eigenvalue weighted by Gasteiger charge is -2.25. The van der Waals surface area contributed by atoms with Crippen LogP contribution in [0.3, 0.4) is 0 Å². The van der Waals surface area contributed by atoms with Gasteiger partial charge in [0.25, 0.3) is 0 Å². The standard InChI is InChI=1S/C13H24N2S/c1-5-12(6-2)15(4)9-11-7-13(8-14)16-10(11)3/h7,12H,5-6,8-9,14H2,1-4H3. The second kappa shape index (κ2) is 6.38. The van der Waals surface area contributed by atoms with Gasteiger partial charge in [-0.05, 0) is 38.4 Å². The maximum absolute atomic E-state index is 5.67. The summed E-state index contributed by atoms with van der Waals surface area (Å²) in [6, 6.07) is 2.96. The van der Waals surface area contributed by atoms with E-state index in [0.29, 0.717) is 12.6 Å². The van der Waals surface area contributed by atoms with Crippen LogP contribution < -0.4 is 5.73 Å². The van der Waals surface area contributed by atoms with E-state index in [0.717, 1.165) is 6.54 Å². The molecule has 0 spiro atoms. The van der Waals surface area contributed by atoms with Gasteiger partial charge in [0.1, 0.15) is 0 Å². The third-order valence-electron chi connectivity index (χ3n) is 3.26. The zero-order valence-corrected chi connectivity index (χ0v) is 11.7. The summed E-state index contributed by atoms with van der Waals surface area (Å²) in [6.07, 6.45) is 2.44. The van der Waals surface area contributed by atoms with E-state index in [2.05, 4.69) is 38.8 Å². The molecule has 0 aliphatic carbocycles. The van der Waals surface area contributed by atoms with Gasteiger partial charge in [-0.3, -0.25) is 4.90 Å². The van der Waals surface area contributed by atoms with Crippen molar-refractivity contribution in [3.05, 3.63) is 21.4 Å². The smallest absolute Gasteiger partial charge is 0.0274 e. The summed E-state index contributed by atoms with van der Waals surface area (Å²) in [5.41, 5.74) is 7.12. The Morgan fingerprint density at radius 2 is 2.00 bits per heavy atom. The van der Waals surface area contributed by atoms with Crippen LogP contribution in [0.5, 0.6) is 0 Å². The maximum atomic E-state index is 5.67. The van der Waals surface area contributed by atoms with Gasteiger partial charge in [0.15, 0.2) is 0 Å². The predicted molar refractivity (Wildman–Crippen MR) is 72.8 cm³/mol. The highest BCUT2D eigenvalue weighted by Crippen LogP contribution is 2.23. The lowest BCUT2D eigenvalue weighted by molar-refractivity contribution is 0.221. The largest absolute Gasteiger partial charge is 0.326 e. The van der Waals surface area contributed by atoms with Crippen molar-refractivity contribution >= 4 is 11.3 Å². The molecule has 0 fully saturated rings. The SMILES string of the molecule is CCC(CC)N(C)Cc1cc(CN)sc1C. The molecular formula is C13H24N2S. The van der Waals surface area contributed by atoms with Crippen LogP contribution in [0.15, 0.2) is 6.07 Å². The first-order valence-corrected chi connectivity index (χ1v) is 6.92. The summed E-state index contributed by atoms with van der Waals surface area (Å²) in [5.74, 6) is 0. The Balaban J connectivity index is 2.68. The van der Waals surface area contributed by atoms with Gasteiger partial charge >= 0.3 is 0 Å². The molecule has 3 heteroatoms. The van der Waals surface area contributed by atoms with Crippen molar-refractivity contribution in [1.29, 1.82) is 0 Å². The summed E-state index contributed by atoms with van der Waals surface area (Å²) in [5, 5.41) is 0. The molecule has 0 saturated carbocycles. The molecule has 0 unspecified atom stereocenters. The van der Waals surface area contributed by atoms with E-state index in [1.165, 1.54) is 28.2 Å². The van der Waals surface area contributed by atoms with Gasteiger partial charge in [-0.15, -0.1) is 11.3 Å². The van der Waals surface area contributed by atoms with Crippen LogP contribution in [0.4, 0.5) is 0 Å². The molecule has 1 rings (SSSR count). The summed E-state index contributed by atoms with van der Waals surface area (Å²) in [4.78, 5) is 5.17. The van der Waals surface area contributed by atoms with Crippen molar-refractivity contribution in [2.24, 2.45) is 5.73 Å². The summed E-state index contributed by atoms with van der Waals surface area (Å²) < 4.78 is 0. The fraction of sp³-hybridized carbons (Fsp3) is 0.692. The summed E-state index contributed by atoms with van der Waals surface area (Å²) in [6.45, 7) is 8.43. The van der Waals surface area contributed by atoms with Gasteiger partial charge in [-0.2, -0.15) is 0 Å². The Bertz CT molecular complexity index is 316. The van der Waals surface area contributed by atoms with E-state index < -0.39 is 0 Å². The van der Waals surface area contributed by atoms with Gasteiger partial charge in [0, 0.05) is 28.9 Å². The van der Waals surface area contributed by atoms with Gasteiger partial charge in [-0.1, -0.05) is 13.8 Å². The van der Waals surface area contributed by atoms with Gasteiger partial charge in [-0.25, -0.2) is 0 Å². The van der Waals surface area contributed by atoms with Crippen molar-refractivity contribution in [1.82, 2.24) is 4.90 Å². The van der Waals surface area contributed by atoms with E-state index in [-0.39, 0.29) is 0 Å². The molecule has 0 amide bonds. The maximum Gasteiger partial charge on any atom is 0.0274 e. The molecular weight excluding hydrogens is 216 g/mol. The number of hydrogen-bond donors (Lipinski definition) is 1. The highest BCUT2D eigenvalue weighted by Gasteiger charge is 2.13. The van der Waals surface area contributed by atoms with E-state index in [9.17, 15) is 0 Å². The molecule has 0 aromatic carbocycles. The number of nitrogens with two attached hydrogens (primary N) is 1. The number of nitrogens with zero attached hydrogens (tertiary/aromatic N) is 1. The van der Waals surface area contributed by atoms with Crippen LogP contribution in [0.2, 0.25) is 0 Å². The number of rotatable bonds is 6. The van der Waals surface area contributed by atoms with Crippen LogP contribution >= 0.6 is 11.3 Å². The Kier molecular flexibility index (Phi) is 5.46. The average molecular weight is 240 g/mol. The van der Waals surface area contributed by atoms with Gasteiger partial charge < -0.3 is 5.73 Å². The van der Waals surface area contributed by atoms with E-state index in [1.807, 2.05) is 11.3 Å². The Morgan fingerprint density at radius 3 is 2.44 bits per heavy atom. The first kappa shape index (κ1) is 13.7. The lowest BCUT2D eigenvalue weighted by Crippen LogP contribution is -2.30. The number of hydrogen-bond acceptors (Lipinski definition) is 3. The lowest BCUT2D eigenvalue weighted by atomic mass is 10.1. The molecule has 0 aliphatic rings. The van der Waals surface area contributed by atoms with Crippen LogP contribution in [0.1, 0.15) is 42.0 Å². The van der Waals surface area contributed by atoms with Crippen molar-refractivity contribution < 1.29 is 0 Å². The number of aryl methyl sites for hydroxylation is 1. The molecule has 0 atom stereocenters. The van der Waals surface area contributed by atoms with Crippen molar-refractivity contribution in [2.75, 3.05) is 7.05 Å². The van der Waals surface area contributed by atoms with Gasteiger partial charge in [0.2, 0.25) is 0 Å². The zero-order valence-electron chi connectivity index (χ0n) is 10.9. The van der Waals surface area contributed by atoms with Crippen LogP contribution in [-0.2, 0) is 13.1 Å². The molecule has 0 radical (unpaired) electrons. The topological polar surface area (TPSA) is 29.3 Å². The third-order valence-corrected chi connectivity index (χ3v) is 4.37. The molecule has 0 aliphatic heterocycles. The summed E-state index contributed by atoms with van der Waals surface area (Å²) in [7, 11) is 2.22. The second-order valence-corrected chi connectivity index (χ2v) is 5.72. The monoisotopic (exact) mass is 240 g/mol. The second-order valence-electron chi connectivity index (χ2n) is 4.38. The molecule has 92 valence electrons. The number of thiophene rings is 1. The van der Waals surface area contributed by atoms with Crippen molar-refractivity contribution in [2.45, 2.75) is 52.7 Å². The summed E-state index contributed by atoms with van der Waals surface area (Å²) >= 11 is 1.83. The average Bonchev–Trinajstić information content (AvgIpc) is 2.61. The highest BCUT2D eigenvalue weighted by molar-refractivity contribution is 7.12. The minimum absolute atomic E-state index is 0.667. The molecule has 1 aromatic rings. The van der Waals surface area contributed by atoms with E-state index >= 15 is 0 Å². The van der Waals surface area contributed by atoms with Crippen molar-refractivity contribution in [3.63, 3.8) is 0 Å². The van der Waals surface area contributed by atoms with E-state index in [1.54, 1.807) is 0 Å². The van der Waals surface area contributed by atoms with Crippen LogP contribution in [0.25, 0.3) is 0 Å². The molecule has 2 N–H and O–H groups in total. The molecule has 2 nitrogen and oxygen atoms in total. The fourth-order valence-electron chi connectivity index (χ4n) is 2.15. The first-order valence-electron chi connectivity index (χ1n) is 6.10. The highest BCUT2D eigenvalue weighted by atomic mass is 32.1. The van der Waals surface area contributed by atoms with Crippen LogP contribution in [-0.4, -0.2) is 18.0 Å². The Labute approximate surface area is 103 Å². The van der Waals surface area contributed by atoms with Crippen LogP contribution in [0, 0.1) is 6.92 Å². The Hall–Kier alpha value is -0.380. The third kappa shape index (κ3) is 3.30. The molecule has 16 heavy (non-hydrogen) atoms. The van der Waals surface area contributed by atoms with Crippen molar-refractivity contribution in [3.8, 4) is 0 Å². The molecule has 0 saturated heterocycles. The predicted octanol–water partition coefficient (Wildman–Crippen LogP) is 3.14.